The topological polar surface area (TPSA) is 72.2 Å². The van der Waals surface area contributed by atoms with Gasteiger partial charge in [-0.25, -0.2) is 21.9 Å². The third-order valence-corrected chi connectivity index (χ3v) is 4.83. The van der Waals surface area contributed by atoms with Crippen molar-refractivity contribution in [3.63, 3.8) is 0 Å². The Bertz CT molecular complexity index is 954. The molecule has 0 bridgehead atoms. The highest BCUT2D eigenvalue weighted by Crippen LogP contribution is 2.26. The maximum Gasteiger partial charge on any atom is 0.241 e. The maximum absolute atomic E-state index is 13.5. The van der Waals surface area contributed by atoms with Crippen molar-refractivity contribution in [1.82, 2.24) is 9.71 Å². The zero-order valence-electron chi connectivity index (χ0n) is 11.8. The number of benzene rings is 1. The van der Waals surface area contributed by atoms with E-state index in [1.54, 1.807) is 0 Å². The molecule has 1 N–H and O–H groups in total. The van der Waals surface area contributed by atoms with Crippen molar-refractivity contribution in [2.45, 2.75) is 11.3 Å². The predicted molar refractivity (Wildman–Crippen MR) is 79.3 cm³/mol. The first kappa shape index (κ1) is 15.6. The van der Waals surface area contributed by atoms with Crippen LogP contribution in [0.2, 0.25) is 0 Å². The van der Waals surface area contributed by atoms with Gasteiger partial charge in [-0.2, -0.15) is 0 Å². The Balaban J connectivity index is 1.80. The van der Waals surface area contributed by atoms with Gasteiger partial charge in [0.2, 0.25) is 10.0 Å². The van der Waals surface area contributed by atoms with Gasteiger partial charge < -0.3 is 4.42 Å². The zero-order chi connectivity index (χ0) is 16.4. The molecule has 23 heavy (non-hydrogen) atoms. The third kappa shape index (κ3) is 3.08. The van der Waals surface area contributed by atoms with Crippen LogP contribution in [0.4, 0.5) is 8.78 Å². The van der Waals surface area contributed by atoms with Crippen LogP contribution in [0.25, 0.3) is 11.0 Å². The summed E-state index contributed by atoms with van der Waals surface area (Å²) in [7, 11) is -3.88. The smallest absolute Gasteiger partial charge is 0.241 e. The van der Waals surface area contributed by atoms with E-state index in [-0.39, 0.29) is 34.5 Å². The summed E-state index contributed by atoms with van der Waals surface area (Å²) in [6.07, 6.45) is 2.75. The van der Waals surface area contributed by atoms with E-state index in [1.807, 2.05) is 0 Å². The first-order valence-electron chi connectivity index (χ1n) is 6.74. The largest absolute Gasteiger partial charge is 0.461 e. The monoisotopic (exact) mass is 338 g/mol. The highest BCUT2D eigenvalue weighted by Gasteiger charge is 2.20. The second kappa shape index (κ2) is 6.05. The molecule has 0 radical (unpaired) electrons. The summed E-state index contributed by atoms with van der Waals surface area (Å²) in [4.78, 5) is 3.76. The molecule has 0 aliphatic heterocycles. The lowest BCUT2D eigenvalue weighted by Crippen LogP contribution is -2.26. The van der Waals surface area contributed by atoms with Crippen LogP contribution in [0, 0.1) is 11.6 Å². The summed E-state index contributed by atoms with van der Waals surface area (Å²) in [5.74, 6) is -1.13. The molecule has 3 aromatic rings. The number of rotatable bonds is 5. The molecule has 2 aromatic heterocycles. The van der Waals surface area contributed by atoms with Gasteiger partial charge in [-0.15, -0.1) is 0 Å². The molecule has 0 fully saturated rings. The fraction of sp³-hybridized carbons (Fsp3) is 0.133. The molecule has 1 aromatic carbocycles. The van der Waals surface area contributed by atoms with E-state index in [9.17, 15) is 17.2 Å². The van der Waals surface area contributed by atoms with Gasteiger partial charge >= 0.3 is 0 Å². The number of halogens is 2. The summed E-state index contributed by atoms with van der Waals surface area (Å²) in [5, 5.41) is 0.154. The molecule has 0 atom stereocenters. The van der Waals surface area contributed by atoms with E-state index in [2.05, 4.69) is 9.71 Å². The minimum atomic E-state index is -3.88. The minimum absolute atomic E-state index is 0.0347. The zero-order valence-corrected chi connectivity index (χ0v) is 12.6. The highest BCUT2D eigenvalue weighted by atomic mass is 32.2. The van der Waals surface area contributed by atoms with E-state index in [1.165, 1.54) is 30.7 Å². The minimum Gasteiger partial charge on any atom is -0.461 e. The lowest BCUT2D eigenvalue weighted by molar-refractivity contribution is 0.558. The van der Waals surface area contributed by atoms with Crippen LogP contribution in [-0.2, 0) is 16.4 Å². The number of hydrogen-bond acceptors (Lipinski definition) is 4. The Morgan fingerprint density at radius 2 is 1.96 bits per heavy atom. The van der Waals surface area contributed by atoms with Gasteiger partial charge in [-0.3, -0.25) is 4.98 Å². The first-order chi connectivity index (χ1) is 11.0. The average Bonchev–Trinajstić information content (AvgIpc) is 2.99. The number of furan rings is 1. The van der Waals surface area contributed by atoms with E-state index in [4.69, 9.17) is 4.42 Å². The summed E-state index contributed by atoms with van der Waals surface area (Å²) in [6.45, 7) is -0.0347. The van der Waals surface area contributed by atoms with Crippen molar-refractivity contribution >= 4 is 21.0 Å². The molecule has 0 aliphatic rings. The van der Waals surface area contributed by atoms with Crippen LogP contribution in [0.5, 0.6) is 0 Å². The molecule has 0 amide bonds. The highest BCUT2D eigenvalue weighted by molar-refractivity contribution is 7.89. The quantitative estimate of drug-likeness (QED) is 0.776. The van der Waals surface area contributed by atoms with Crippen LogP contribution in [0.1, 0.15) is 5.69 Å². The van der Waals surface area contributed by atoms with Crippen molar-refractivity contribution < 1.29 is 21.6 Å². The SMILES string of the molecule is O=S(=O)(NCCc1ncccc1F)c1ccc(F)c2occc12. The molecule has 5 nitrogen and oxygen atoms in total. The van der Waals surface area contributed by atoms with Crippen LogP contribution in [0.15, 0.2) is 52.1 Å². The Morgan fingerprint density at radius 1 is 1.13 bits per heavy atom. The second-order valence-electron chi connectivity index (χ2n) is 4.79. The summed E-state index contributed by atoms with van der Waals surface area (Å²) in [5.41, 5.74) is 0.0476. The number of hydrogen-bond donors (Lipinski definition) is 1. The van der Waals surface area contributed by atoms with Crippen LogP contribution in [0.3, 0.4) is 0 Å². The van der Waals surface area contributed by atoms with Crippen molar-refractivity contribution in [2.24, 2.45) is 0 Å². The lowest BCUT2D eigenvalue weighted by Gasteiger charge is -2.08. The number of aromatic nitrogens is 1. The van der Waals surface area contributed by atoms with Crippen molar-refractivity contribution in [2.75, 3.05) is 6.54 Å². The fourth-order valence-corrected chi connectivity index (χ4v) is 3.44. The molecule has 0 unspecified atom stereocenters. The first-order valence-corrected chi connectivity index (χ1v) is 8.22. The maximum atomic E-state index is 13.5. The molecule has 120 valence electrons. The summed E-state index contributed by atoms with van der Waals surface area (Å²) < 4.78 is 59.0. The number of nitrogens with zero attached hydrogens (tertiary/aromatic N) is 1. The predicted octanol–water partition coefficient (Wildman–Crippen LogP) is 2.63. The van der Waals surface area contributed by atoms with Gasteiger partial charge in [-0.05, 0) is 30.3 Å². The molecule has 3 rings (SSSR count). The molecule has 0 aliphatic carbocycles. The summed E-state index contributed by atoms with van der Waals surface area (Å²) >= 11 is 0. The van der Waals surface area contributed by atoms with Gasteiger partial charge in [0.25, 0.3) is 0 Å². The van der Waals surface area contributed by atoms with Crippen LogP contribution >= 0.6 is 0 Å². The third-order valence-electron chi connectivity index (χ3n) is 3.31. The number of nitrogens with one attached hydrogen (secondary N) is 1. The number of fused-ring (bicyclic) bond motifs is 1. The summed E-state index contributed by atoms with van der Waals surface area (Å²) in [6, 6.07) is 6.28. The molecule has 2 heterocycles. The van der Waals surface area contributed by atoms with Crippen molar-refractivity contribution in [1.29, 1.82) is 0 Å². The number of sulfonamides is 1. The standard InChI is InChI=1S/C15H12F2N2O3S/c16-11-2-1-7-18-13(11)5-8-19-23(20,21)14-4-3-12(17)15-10(14)6-9-22-15/h1-4,6-7,9,19H,5,8H2. The van der Waals surface area contributed by atoms with Gasteiger partial charge in [0.05, 0.1) is 16.9 Å². The molecular weight excluding hydrogens is 326 g/mol. The molecule has 8 heteroatoms. The molecular formula is C15H12F2N2O3S. The average molecular weight is 338 g/mol. The van der Waals surface area contributed by atoms with Gasteiger partial charge in [0.1, 0.15) is 5.82 Å². The van der Waals surface area contributed by atoms with E-state index in [0.717, 1.165) is 12.1 Å². The van der Waals surface area contributed by atoms with Gasteiger partial charge in [-0.1, -0.05) is 0 Å². The number of pyridine rings is 1. The Morgan fingerprint density at radius 3 is 2.74 bits per heavy atom. The van der Waals surface area contributed by atoms with Crippen LogP contribution in [-0.4, -0.2) is 19.9 Å². The second-order valence-corrected chi connectivity index (χ2v) is 6.52. The molecule has 0 spiro atoms. The Hall–Kier alpha value is -2.32. The van der Waals surface area contributed by atoms with Crippen molar-refractivity contribution in [3.8, 4) is 0 Å². The van der Waals surface area contributed by atoms with Crippen LogP contribution < -0.4 is 4.72 Å². The molecule has 0 saturated heterocycles. The van der Waals surface area contributed by atoms with Crippen molar-refractivity contribution in [3.05, 3.63) is 60.1 Å². The van der Waals surface area contributed by atoms with Gasteiger partial charge in [0.15, 0.2) is 11.4 Å². The van der Waals surface area contributed by atoms with Gasteiger partial charge in [0, 0.05) is 24.5 Å². The Labute approximate surface area is 131 Å². The molecule has 0 saturated carbocycles. The lowest BCUT2D eigenvalue weighted by atomic mass is 10.2. The van der Waals surface area contributed by atoms with E-state index < -0.39 is 21.7 Å². The fourth-order valence-electron chi connectivity index (χ4n) is 2.22. The van der Waals surface area contributed by atoms with E-state index in [0.29, 0.717) is 0 Å². The Kier molecular flexibility index (Phi) is 4.10. The van der Waals surface area contributed by atoms with E-state index >= 15 is 0 Å². The normalized spacial score (nSPS) is 11.9.